The molecule has 0 unspecified atom stereocenters. The van der Waals surface area contributed by atoms with E-state index in [4.69, 9.17) is 18.9 Å². The summed E-state index contributed by atoms with van der Waals surface area (Å²) in [6.45, 7) is 5.39. The predicted molar refractivity (Wildman–Crippen MR) is 132 cm³/mol. The van der Waals surface area contributed by atoms with Gasteiger partial charge in [0, 0.05) is 0 Å². The maximum Gasteiger partial charge on any atom is 0.338 e. The summed E-state index contributed by atoms with van der Waals surface area (Å²) in [5.41, 5.74) is 2.23. The number of hydrogen-bond acceptors (Lipinski definition) is 7. The molecule has 0 aromatic heterocycles. The van der Waals surface area contributed by atoms with Gasteiger partial charge in [-0.2, -0.15) is 0 Å². The number of aliphatic hydroxyl groups is 1. The number of ether oxygens (including phenoxy) is 4. The van der Waals surface area contributed by atoms with Crippen LogP contribution in [0.5, 0.6) is 0 Å². The molecular formula is C29H30O7. The molecule has 188 valence electrons. The number of rotatable bonds is 8. The Balaban J connectivity index is 1.53. The molecule has 0 spiro atoms. The highest BCUT2D eigenvalue weighted by Crippen LogP contribution is 2.37. The van der Waals surface area contributed by atoms with Crippen LogP contribution in [-0.4, -0.2) is 47.8 Å². The van der Waals surface area contributed by atoms with Crippen molar-refractivity contribution in [3.63, 3.8) is 0 Å². The van der Waals surface area contributed by atoms with Crippen LogP contribution in [0.25, 0.3) is 0 Å². The molecule has 1 aliphatic rings. The highest BCUT2D eigenvalue weighted by atomic mass is 16.7. The average Bonchev–Trinajstić information content (AvgIpc) is 3.12. The van der Waals surface area contributed by atoms with Crippen molar-refractivity contribution >= 4 is 11.9 Å². The molecule has 0 bridgehead atoms. The van der Waals surface area contributed by atoms with Crippen molar-refractivity contribution in [2.45, 2.75) is 51.5 Å². The Morgan fingerprint density at radius 1 is 0.861 bits per heavy atom. The first kappa shape index (κ1) is 25.6. The molecule has 1 fully saturated rings. The molecule has 4 rings (SSSR count). The second-order valence-corrected chi connectivity index (χ2v) is 9.14. The quantitative estimate of drug-likeness (QED) is 0.469. The van der Waals surface area contributed by atoms with E-state index in [0.717, 1.165) is 16.7 Å². The molecule has 3 aromatic rings. The first-order valence-corrected chi connectivity index (χ1v) is 11.8. The van der Waals surface area contributed by atoms with Crippen molar-refractivity contribution in [2.75, 3.05) is 6.61 Å². The van der Waals surface area contributed by atoms with Gasteiger partial charge >= 0.3 is 11.9 Å². The van der Waals surface area contributed by atoms with Crippen LogP contribution in [0.15, 0.2) is 78.9 Å². The standard InChI is InChI=1S/C29H30O7/c1-19-9-13-22(14-10-19)26(30)33-18-24-25(36-27(31)23-15-11-20(2)12-16-23)29(3,28(32)35-24)34-17-21-7-5-4-6-8-21/h4-16,24-25,28,32H,17-18H2,1-3H3/t24-,25-,28+,29-/m1/s1. The molecule has 0 aliphatic carbocycles. The highest BCUT2D eigenvalue weighted by Gasteiger charge is 2.57. The Hall–Kier alpha value is -3.52. The van der Waals surface area contributed by atoms with Crippen molar-refractivity contribution in [1.29, 1.82) is 0 Å². The lowest BCUT2D eigenvalue weighted by Crippen LogP contribution is -2.50. The lowest BCUT2D eigenvalue weighted by atomic mass is 9.96. The van der Waals surface area contributed by atoms with E-state index in [1.54, 1.807) is 31.2 Å². The van der Waals surface area contributed by atoms with Gasteiger partial charge in [0.25, 0.3) is 0 Å². The molecule has 1 aliphatic heterocycles. The van der Waals surface area contributed by atoms with Gasteiger partial charge in [-0.15, -0.1) is 0 Å². The third-order valence-corrected chi connectivity index (χ3v) is 6.28. The first-order chi connectivity index (χ1) is 17.3. The molecule has 0 radical (unpaired) electrons. The lowest BCUT2D eigenvalue weighted by Gasteiger charge is -2.33. The van der Waals surface area contributed by atoms with Gasteiger partial charge in [0.05, 0.1) is 17.7 Å². The molecule has 0 saturated carbocycles. The monoisotopic (exact) mass is 490 g/mol. The Kier molecular flexibility index (Phi) is 7.84. The topological polar surface area (TPSA) is 91.3 Å². The van der Waals surface area contributed by atoms with Crippen LogP contribution in [0.1, 0.15) is 44.3 Å². The Morgan fingerprint density at radius 2 is 1.42 bits per heavy atom. The molecule has 1 saturated heterocycles. The van der Waals surface area contributed by atoms with Crippen LogP contribution in [0, 0.1) is 13.8 Å². The smallest absolute Gasteiger partial charge is 0.338 e. The number of hydrogen-bond donors (Lipinski definition) is 1. The number of aliphatic hydroxyl groups excluding tert-OH is 1. The van der Waals surface area contributed by atoms with Gasteiger partial charge in [0.15, 0.2) is 18.0 Å². The highest BCUT2D eigenvalue weighted by molar-refractivity contribution is 5.90. The van der Waals surface area contributed by atoms with E-state index in [9.17, 15) is 14.7 Å². The molecule has 4 atom stereocenters. The van der Waals surface area contributed by atoms with E-state index in [1.165, 1.54) is 0 Å². The summed E-state index contributed by atoms with van der Waals surface area (Å²) >= 11 is 0. The van der Waals surface area contributed by atoms with E-state index in [0.29, 0.717) is 11.1 Å². The van der Waals surface area contributed by atoms with Crippen molar-refractivity contribution < 1.29 is 33.6 Å². The van der Waals surface area contributed by atoms with E-state index in [-0.39, 0.29) is 13.2 Å². The van der Waals surface area contributed by atoms with Crippen molar-refractivity contribution in [3.05, 3.63) is 107 Å². The zero-order valence-electron chi connectivity index (χ0n) is 20.5. The van der Waals surface area contributed by atoms with E-state index < -0.39 is 36.0 Å². The Morgan fingerprint density at radius 3 is 2.00 bits per heavy atom. The number of carbonyl (C=O) groups excluding carboxylic acids is 2. The Bertz CT molecular complexity index is 1170. The number of carbonyl (C=O) groups is 2. The normalized spacial score (nSPS) is 23.3. The van der Waals surface area contributed by atoms with Gasteiger partial charge in [-0.25, -0.2) is 9.59 Å². The molecule has 1 N–H and O–H groups in total. The molecular weight excluding hydrogens is 460 g/mol. The minimum Gasteiger partial charge on any atom is -0.459 e. The molecule has 0 amide bonds. The first-order valence-electron chi connectivity index (χ1n) is 11.8. The molecule has 7 nitrogen and oxygen atoms in total. The molecule has 1 heterocycles. The summed E-state index contributed by atoms with van der Waals surface area (Å²) in [6.07, 6.45) is -3.40. The zero-order valence-corrected chi connectivity index (χ0v) is 20.5. The minimum absolute atomic E-state index is 0.159. The van der Waals surface area contributed by atoms with E-state index in [2.05, 4.69) is 0 Å². The third kappa shape index (κ3) is 5.82. The van der Waals surface area contributed by atoms with Crippen molar-refractivity contribution in [3.8, 4) is 0 Å². The fourth-order valence-electron chi connectivity index (χ4n) is 3.97. The van der Waals surface area contributed by atoms with Crippen molar-refractivity contribution in [2.24, 2.45) is 0 Å². The van der Waals surface area contributed by atoms with Crippen LogP contribution in [0.4, 0.5) is 0 Å². The number of benzene rings is 3. The van der Waals surface area contributed by atoms with Crippen LogP contribution in [0.2, 0.25) is 0 Å². The Labute approximate surface area is 210 Å². The summed E-state index contributed by atoms with van der Waals surface area (Å²) in [7, 11) is 0. The summed E-state index contributed by atoms with van der Waals surface area (Å²) in [4.78, 5) is 25.6. The third-order valence-electron chi connectivity index (χ3n) is 6.28. The fraction of sp³-hybridized carbons (Fsp3) is 0.310. The molecule has 36 heavy (non-hydrogen) atoms. The van der Waals surface area contributed by atoms with E-state index >= 15 is 0 Å². The summed E-state index contributed by atoms with van der Waals surface area (Å²) in [6, 6.07) is 23.3. The predicted octanol–water partition coefficient (Wildman–Crippen LogP) is 4.38. The van der Waals surface area contributed by atoms with Gasteiger partial charge in [-0.05, 0) is 50.6 Å². The van der Waals surface area contributed by atoms with Gasteiger partial charge in [0.1, 0.15) is 12.7 Å². The maximum absolute atomic E-state index is 13.0. The van der Waals surface area contributed by atoms with Crippen LogP contribution < -0.4 is 0 Å². The fourth-order valence-corrected chi connectivity index (χ4v) is 3.97. The minimum atomic E-state index is -1.42. The SMILES string of the molecule is Cc1ccc(C(=O)OC[C@H]2O[C@H](O)[C@](C)(OCc3ccccc3)[C@@H]2OC(=O)c2ccc(C)cc2)cc1. The van der Waals surface area contributed by atoms with Gasteiger partial charge in [-0.3, -0.25) is 0 Å². The van der Waals surface area contributed by atoms with Gasteiger partial charge in [0.2, 0.25) is 0 Å². The van der Waals surface area contributed by atoms with Gasteiger partial charge in [-0.1, -0.05) is 65.7 Å². The summed E-state index contributed by atoms with van der Waals surface area (Å²) in [5.74, 6) is -1.14. The second kappa shape index (κ2) is 11.0. The summed E-state index contributed by atoms with van der Waals surface area (Å²) in [5, 5.41) is 10.8. The second-order valence-electron chi connectivity index (χ2n) is 9.14. The van der Waals surface area contributed by atoms with Crippen molar-refractivity contribution in [1.82, 2.24) is 0 Å². The number of aryl methyl sites for hydroxylation is 2. The molecule has 7 heteroatoms. The number of esters is 2. The zero-order chi connectivity index (χ0) is 25.7. The van der Waals surface area contributed by atoms with E-state index in [1.807, 2.05) is 68.4 Å². The van der Waals surface area contributed by atoms with Gasteiger partial charge < -0.3 is 24.1 Å². The largest absolute Gasteiger partial charge is 0.459 e. The summed E-state index contributed by atoms with van der Waals surface area (Å²) < 4.78 is 23.1. The van der Waals surface area contributed by atoms with Crippen LogP contribution in [0.3, 0.4) is 0 Å². The van der Waals surface area contributed by atoms with Crippen LogP contribution in [-0.2, 0) is 25.6 Å². The maximum atomic E-state index is 13.0. The molecule has 3 aromatic carbocycles. The van der Waals surface area contributed by atoms with Crippen LogP contribution >= 0.6 is 0 Å². The lowest BCUT2D eigenvalue weighted by molar-refractivity contribution is -0.198. The average molecular weight is 491 g/mol.